The summed E-state index contributed by atoms with van der Waals surface area (Å²) in [5, 5.41) is 8.00. The highest BCUT2D eigenvalue weighted by molar-refractivity contribution is 6.30. The predicted molar refractivity (Wildman–Crippen MR) is 129 cm³/mol. The maximum Gasteiger partial charge on any atom is 0.256 e. The van der Waals surface area contributed by atoms with Gasteiger partial charge in [-0.25, -0.2) is 4.68 Å². The first-order valence-corrected chi connectivity index (χ1v) is 10.7. The van der Waals surface area contributed by atoms with E-state index in [4.69, 9.17) is 11.6 Å². The molecule has 1 N–H and O–H groups in total. The highest BCUT2D eigenvalue weighted by atomic mass is 35.5. The first kappa shape index (κ1) is 21.5. The average molecular weight is 444 g/mol. The van der Waals surface area contributed by atoms with E-state index in [9.17, 15) is 9.59 Å². The van der Waals surface area contributed by atoms with Gasteiger partial charge in [0.15, 0.2) is 0 Å². The van der Waals surface area contributed by atoms with Crippen molar-refractivity contribution in [1.82, 2.24) is 9.78 Å². The molecule has 6 heteroatoms. The Bertz CT molecular complexity index is 1310. The second kappa shape index (κ2) is 9.20. The molecule has 0 saturated carbocycles. The normalized spacial score (nSPS) is 10.7. The number of nitrogens with one attached hydrogen (secondary N) is 1. The Hall–Kier alpha value is -3.70. The van der Waals surface area contributed by atoms with Crippen molar-refractivity contribution in [3.05, 3.63) is 111 Å². The molecule has 4 rings (SSSR count). The van der Waals surface area contributed by atoms with Crippen LogP contribution in [0.1, 0.15) is 28.5 Å². The van der Waals surface area contributed by atoms with Crippen LogP contribution in [0.5, 0.6) is 0 Å². The SMILES string of the molecule is CCc1ccc(-n2nc(C)c(=O)c(-c3ccc(Cl)cc3)c2NC(=O)c2ccccc2)cc1. The molecule has 4 aromatic rings. The third kappa shape index (κ3) is 4.34. The number of carbonyl (C=O) groups is 1. The molecule has 1 amide bonds. The number of carbonyl (C=O) groups excluding carboxylic acids is 1. The summed E-state index contributed by atoms with van der Waals surface area (Å²) in [7, 11) is 0. The largest absolute Gasteiger partial charge is 0.306 e. The van der Waals surface area contributed by atoms with Gasteiger partial charge in [0.1, 0.15) is 11.5 Å². The van der Waals surface area contributed by atoms with Crippen molar-refractivity contribution in [2.45, 2.75) is 20.3 Å². The van der Waals surface area contributed by atoms with E-state index in [2.05, 4.69) is 17.3 Å². The fourth-order valence-corrected chi connectivity index (χ4v) is 3.59. The molecular weight excluding hydrogens is 422 g/mol. The van der Waals surface area contributed by atoms with E-state index in [1.54, 1.807) is 60.1 Å². The minimum atomic E-state index is -0.329. The molecule has 0 spiro atoms. The van der Waals surface area contributed by atoms with E-state index in [0.29, 0.717) is 33.2 Å². The number of nitrogens with zero attached hydrogens (tertiary/aromatic N) is 2. The molecule has 1 heterocycles. The lowest BCUT2D eigenvalue weighted by Gasteiger charge is -2.18. The molecule has 0 aliphatic heterocycles. The van der Waals surface area contributed by atoms with Crippen LogP contribution in [0.15, 0.2) is 83.7 Å². The quantitative estimate of drug-likeness (QED) is 0.431. The van der Waals surface area contributed by atoms with Gasteiger partial charge < -0.3 is 5.32 Å². The number of aromatic nitrogens is 2. The summed E-state index contributed by atoms with van der Waals surface area (Å²) in [4.78, 5) is 26.3. The lowest BCUT2D eigenvalue weighted by atomic mass is 10.0. The number of anilines is 1. The number of hydrogen-bond donors (Lipinski definition) is 1. The summed E-state index contributed by atoms with van der Waals surface area (Å²) in [6.07, 6.45) is 0.907. The summed E-state index contributed by atoms with van der Waals surface area (Å²) in [6.45, 7) is 3.75. The average Bonchev–Trinajstić information content (AvgIpc) is 2.83. The molecule has 0 aliphatic rings. The van der Waals surface area contributed by atoms with Gasteiger partial charge in [0.25, 0.3) is 5.91 Å². The second-order valence-electron chi connectivity index (χ2n) is 7.40. The molecule has 0 atom stereocenters. The molecule has 160 valence electrons. The van der Waals surface area contributed by atoms with Gasteiger partial charge in [-0.15, -0.1) is 0 Å². The molecule has 3 aromatic carbocycles. The zero-order chi connectivity index (χ0) is 22.7. The third-order valence-corrected chi connectivity index (χ3v) is 5.50. The first-order chi connectivity index (χ1) is 15.5. The van der Waals surface area contributed by atoms with Crippen LogP contribution in [-0.2, 0) is 6.42 Å². The van der Waals surface area contributed by atoms with Crippen LogP contribution in [0.2, 0.25) is 5.02 Å². The van der Waals surface area contributed by atoms with Crippen LogP contribution >= 0.6 is 11.6 Å². The van der Waals surface area contributed by atoms with E-state index in [0.717, 1.165) is 12.1 Å². The number of benzene rings is 3. The van der Waals surface area contributed by atoms with Crippen LogP contribution in [-0.4, -0.2) is 15.7 Å². The molecule has 0 unspecified atom stereocenters. The van der Waals surface area contributed by atoms with Crippen LogP contribution in [0.3, 0.4) is 0 Å². The summed E-state index contributed by atoms with van der Waals surface area (Å²) < 4.78 is 1.61. The fourth-order valence-electron chi connectivity index (χ4n) is 3.47. The van der Waals surface area contributed by atoms with E-state index < -0.39 is 0 Å². The van der Waals surface area contributed by atoms with Gasteiger partial charge in [-0.1, -0.05) is 61.0 Å². The number of halogens is 1. The lowest BCUT2D eigenvalue weighted by molar-refractivity contribution is 0.102. The third-order valence-electron chi connectivity index (χ3n) is 5.24. The van der Waals surface area contributed by atoms with Crippen LogP contribution in [0.4, 0.5) is 5.82 Å². The van der Waals surface area contributed by atoms with Gasteiger partial charge in [0.2, 0.25) is 5.43 Å². The highest BCUT2D eigenvalue weighted by Crippen LogP contribution is 2.28. The number of aryl methyl sites for hydroxylation is 2. The molecule has 32 heavy (non-hydrogen) atoms. The van der Waals surface area contributed by atoms with Crippen LogP contribution < -0.4 is 10.7 Å². The second-order valence-corrected chi connectivity index (χ2v) is 7.83. The number of rotatable bonds is 5. The zero-order valence-corrected chi connectivity index (χ0v) is 18.6. The molecular formula is C26H22ClN3O2. The monoisotopic (exact) mass is 443 g/mol. The minimum Gasteiger partial charge on any atom is -0.306 e. The molecule has 0 saturated heterocycles. The maximum atomic E-state index is 13.2. The maximum absolute atomic E-state index is 13.2. The van der Waals surface area contributed by atoms with Crippen molar-refractivity contribution in [3.63, 3.8) is 0 Å². The van der Waals surface area contributed by atoms with Crippen LogP contribution in [0, 0.1) is 6.92 Å². The Morgan fingerprint density at radius 1 is 0.969 bits per heavy atom. The fraction of sp³-hybridized carbons (Fsp3) is 0.115. The van der Waals surface area contributed by atoms with Crippen molar-refractivity contribution < 1.29 is 4.79 Å². The topological polar surface area (TPSA) is 64.0 Å². The van der Waals surface area contributed by atoms with Gasteiger partial charge in [0, 0.05) is 10.6 Å². The van der Waals surface area contributed by atoms with E-state index >= 15 is 0 Å². The van der Waals surface area contributed by atoms with Gasteiger partial charge in [-0.3, -0.25) is 9.59 Å². The van der Waals surface area contributed by atoms with Crippen molar-refractivity contribution in [1.29, 1.82) is 0 Å². The zero-order valence-electron chi connectivity index (χ0n) is 17.8. The van der Waals surface area contributed by atoms with Gasteiger partial charge in [0.05, 0.1) is 11.3 Å². The standard InChI is InChI=1S/C26H22ClN3O2/c1-3-18-9-15-22(16-10-18)30-25(28-26(32)20-7-5-4-6-8-20)23(24(31)17(2)29-30)19-11-13-21(27)14-12-19/h4-16H,3H2,1-2H3,(H,28,32). The van der Waals surface area contributed by atoms with Crippen LogP contribution in [0.25, 0.3) is 16.8 Å². The van der Waals surface area contributed by atoms with Gasteiger partial charge in [-0.05, 0) is 60.9 Å². The Kier molecular flexibility index (Phi) is 6.19. The van der Waals surface area contributed by atoms with Crippen molar-refractivity contribution in [2.24, 2.45) is 0 Å². The van der Waals surface area contributed by atoms with Crippen molar-refractivity contribution >= 4 is 23.3 Å². The smallest absolute Gasteiger partial charge is 0.256 e. The van der Waals surface area contributed by atoms with E-state index in [1.807, 2.05) is 30.3 Å². The Balaban J connectivity index is 1.95. The van der Waals surface area contributed by atoms with E-state index in [1.165, 1.54) is 5.56 Å². The Morgan fingerprint density at radius 2 is 1.62 bits per heavy atom. The van der Waals surface area contributed by atoms with Gasteiger partial charge >= 0.3 is 0 Å². The van der Waals surface area contributed by atoms with Gasteiger partial charge in [-0.2, -0.15) is 5.10 Å². The Labute approximate surface area is 191 Å². The summed E-state index contributed by atoms with van der Waals surface area (Å²) >= 11 is 6.06. The first-order valence-electron chi connectivity index (χ1n) is 10.3. The molecule has 5 nitrogen and oxygen atoms in total. The molecule has 0 aliphatic carbocycles. The summed E-state index contributed by atoms with van der Waals surface area (Å²) in [6, 6.07) is 23.7. The van der Waals surface area contributed by atoms with Crippen molar-refractivity contribution in [3.8, 4) is 16.8 Å². The van der Waals surface area contributed by atoms with E-state index in [-0.39, 0.29) is 11.3 Å². The number of hydrogen-bond acceptors (Lipinski definition) is 3. The number of amides is 1. The van der Waals surface area contributed by atoms with Crippen molar-refractivity contribution in [2.75, 3.05) is 5.32 Å². The molecule has 0 bridgehead atoms. The highest BCUT2D eigenvalue weighted by Gasteiger charge is 2.21. The minimum absolute atomic E-state index is 0.253. The molecule has 0 fully saturated rings. The lowest BCUT2D eigenvalue weighted by Crippen LogP contribution is -2.25. The summed E-state index contributed by atoms with van der Waals surface area (Å²) in [5.74, 6) is -0.0224. The summed E-state index contributed by atoms with van der Waals surface area (Å²) in [5.41, 5.74) is 3.48. The molecule has 1 aromatic heterocycles. The predicted octanol–water partition coefficient (Wildman–Crippen LogP) is 5.68. The molecule has 0 radical (unpaired) electrons. The Morgan fingerprint density at radius 3 is 2.25 bits per heavy atom.